The van der Waals surface area contributed by atoms with Gasteiger partial charge in [0, 0.05) is 0 Å². The first-order chi connectivity index (χ1) is 3.98. The third kappa shape index (κ3) is 2.89. The van der Waals surface area contributed by atoms with Crippen molar-refractivity contribution in [1.29, 1.82) is 0 Å². The van der Waals surface area contributed by atoms with Crippen molar-refractivity contribution in [3.63, 3.8) is 0 Å². The van der Waals surface area contributed by atoms with Gasteiger partial charge in [-0.15, -0.1) is 6.42 Å². The summed E-state index contributed by atoms with van der Waals surface area (Å²) in [6, 6.07) is 0. The smallest absolute Gasteiger partial charge is 0.163 e. The average molecular weight is 125 g/mol. The van der Waals surface area contributed by atoms with E-state index in [1.165, 1.54) is 0 Å². The normalized spacial score (nSPS) is 10.4. The van der Waals surface area contributed by atoms with E-state index >= 15 is 0 Å². The number of ketones is 1. The molecular weight excluding hydrogens is 114 g/mol. The second kappa shape index (κ2) is 2.65. The van der Waals surface area contributed by atoms with Gasteiger partial charge in [-0.25, -0.2) is 0 Å². The molecule has 9 heavy (non-hydrogen) atoms. The molecule has 0 heterocycles. The molecule has 0 fully saturated rings. The highest BCUT2D eigenvalue weighted by Crippen LogP contribution is 2.00. The van der Waals surface area contributed by atoms with Crippen molar-refractivity contribution >= 4 is 5.78 Å². The van der Waals surface area contributed by atoms with Crippen molar-refractivity contribution in [3.8, 4) is 12.3 Å². The van der Waals surface area contributed by atoms with Crippen molar-refractivity contribution in [2.45, 2.75) is 25.8 Å². The predicted molar refractivity (Wildman–Crippen MR) is 36.7 cm³/mol. The summed E-state index contributed by atoms with van der Waals surface area (Å²) < 4.78 is 0. The molecule has 0 saturated carbocycles. The molecule has 0 aromatic rings. The van der Waals surface area contributed by atoms with E-state index < -0.39 is 5.54 Å². The number of carbonyl (C=O) groups is 1. The number of rotatable bonds is 2. The maximum Gasteiger partial charge on any atom is 0.163 e. The standard InChI is InChI=1S/C7H11NO/c1-4-5-6(9)7(2,3)8/h1H,5,8H2,2-3H3. The zero-order chi connectivity index (χ0) is 7.49. The van der Waals surface area contributed by atoms with Gasteiger partial charge in [-0.2, -0.15) is 0 Å². The number of Topliss-reactive ketones (excluding diaryl/α,β-unsaturated/α-hetero) is 1. The van der Waals surface area contributed by atoms with Crippen molar-refractivity contribution in [1.82, 2.24) is 0 Å². The lowest BCUT2D eigenvalue weighted by Gasteiger charge is -2.13. The van der Waals surface area contributed by atoms with Gasteiger partial charge < -0.3 is 5.73 Å². The van der Waals surface area contributed by atoms with E-state index in [1.807, 2.05) is 0 Å². The summed E-state index contributed by atoms with van der Waals surface area (Å²) >= 11 is 0. The van der Waals surface area contributed by atoms with E-state index in [9.17, 15) is 4.79 Å². The van der Waals surface area contributed by atoms with Gasteiger partial charge in [0.25, 0.3) is 0 Å². The third-order valence-electron chi connectivity index (χ3n) is 0.981. The van der Waals surface area contributed by atoms with Gasteiger partial charge in [-0.05, 0) is 13.8 Å². The van der Waals surface area contributed by atoms with Crippen LogP contribution < -0.4 is 5.73 Å². The van der Waals surface area contributed by atoms with Crippen LogP contribution >= 0.6 is 0 Å². The Morgan fingerprint density at radius 2 is 2.22 bits per heavy atom. The monoisotopic (exact) mass is 125 g/mol. The van der Waals surface area contributed by atoms with Crippen LogP contribution in [0.15, 0.2) is 0 Å². The summed E-state index contributed by atoms with van der Waals surface area (Å²) in [5.41, 5.74) is 4.65. The lowest BCUT2D eigenvalue weighted by molar-refractivity contribution is -0.122. The molecule has 0 aliphatic heterocycles. The molecule has 2 N–H and O–H groups in total. The first kappa shape index (κ1) is 8.19. The molecule has 50 valence electrons. The fraction of sp³-hybridized carbons (Fsp3) is 0.571. The first-order valence-corrected chi connectivity index (χ1v) is 2.74. The van der Waals surface area contributed by atoms with Gasteiger partial charge in [-0.3, -0.25) is 4.79 Å². The van der Waals surface area contributed by atoms with E-state index in [2.05, 4.69) is 5.92 Å². The minimum atomic E-state index is -0.771. The Morgan fingerprint density at radius 3 is 2.33 bits per heavy atom. The van der Waals surface area contributed by atoms with Gasteiger partial charge in [0.15, 0.2) is 5.78 Å². The highest BCUT2D eigenvalue weighted by atomic mass is 16.1. The van der Waals surface area contributed by atoms with E-state index in [1.54, 1.807) is 13.8 Å². The molecule has 2 nitrogen and oxygen atoms in total. The average Bonchev–Trinajstić information content (AvgIpc) is 1.64. The summed E-state index contributed by atoms with van der Waals surface area (Å²) in [4.78, 5) is 10.8. The Labute approximate surface area is 55.4 Å². The highest BCUT2D eigenvalue weighted by Gasteiger charge is 2.19. The first-order valence-electron chi connectivity index (χ1n) is 2.74. The number of hydrogen-bond donors (Lipinski definition) is 1. The number of carbonyl (C=O) groups excluding carboxylic acids is 1. The summed E-state index contributed by atoms with van der Waals surface area (Å²) in [5.74, 6) is 2.15. The molecule has 0 aliphatic rings. The Balaban J connectivity index is 3.93. The van der Waals surface area contributed by atoms with E-state index in [0.717, 1.165) is 0 Å². The number of hydrogen-bond acceptors (Lipinski definition) is 2. The summed E-state index contributed by atoms with van der Waals surface area (Å²) in [7, 11) is 0. The Kier molecular flexibility index (Phi) is 2.41. The Bertz CT molecular complexity index is 147. The van der Waals surface area contributed by atoms with Crippen molar-refractivity contribution in [2.75, 3.05) is 0 Å². The molecule has 0 aliphatic carbocycles. The molecule has 2 heteroatoms. The molecule has 0 radical (unpaired) electrons. The van der Waals surface area contributed by atoms with E-state index in [-0.39, 0.29) is 12.2 Å². The van der Waals surface area contributed by atoms with Gasteiger partial charge in [-0.1, -0.05) is 5.92 Å². The highest BCUT2D eigenvalue weighted by molar-refractivity contribution is 5.88. The van der Waals surface area contributed by atoms with Crippen molar-refractivity contribution in [2.24, 2.45) is 5.73 Å². The fourth-order valence-corrected chi connectivity index (χ4v) is 0.321. The van der Waals surface area contributed by atoms with Crippen LogP contribution in [0.4, 0.5) is 0 Å². The van der Waals surface area contributed by atoms with E-state index in [4.69, 9.17) is 12.2 Å². The molecule has 0 bridgehead atoms. The molecule has 0 atom stereocenters. The predicted octanol–water partition coefficient (Wildman–Crippen LogP) is 0.316. The van der Waals surface area contributed by atoms with Gasteiger partial charge in [0.05, 0.1) is 12.0 Å². The van der Waals surface area contributed by atoms with Crippen LogP contribution in [0.25, 0.3) is 0 Å². The van der Waals surface area contributed by atoms with Crippen LogP contribution in [-0.4, -0.2) is 11.3 Å². The summed E-state index contributed by atoms with van der Waals surface area (Å²) in [5, 5.41) is 0. The second-order valence-corrected chi connectivity index (χ2v) is 2.53. The second-order valence-electron chi connectivity index (χ2n) is 2.53. The van der Waals surface area contributed by atoms with Crippen molar-refractivity contribution < 1.29 is 4.79 Å². The lowest BCUT2D eigenvalue weighted by Crippen LogP contribution is -2.41. The molecular formula is C7H11NO. The largest absolute Gasteiger partial charge is 0.319 e. The Morgan fingerprint density at radius 1 is 1.78 bits per heavy atom. The van der Waals surface area contributed by atoms with Gasteiger partial charge in [0.2, 0.25) is 0 Å². The van der Waals surface area contributed by atoms with Crippen LogP contribution in [0.1, 0.15) is 20.3 Å². The van der Waals surface area contributed by atoms with Crippen LogP contribution in [0.5, 0.6) is 0 Å². The quantitative estimate of drug-likeness (QED) is 0.540. The van der Waals surface area contributed by atoms with Gasteiger partial charge in [0.1, 0.15) is 0 Å². The van der Waals surface area contributed by atoms with Crippen molar-refractivity contribution in [3.05, 3.63) is 0 Å². The maximum absolute atomic E-state index is 10.8. The van der Waals surface area contributed by atoms with Gasteiger partial charge >= 0.3 is 0 Å². The molecule has 0 spiro atoms. The molecule has 0 rings (SSSR count). The SMILES string of the molecule is C#CCC(=O)C(C)(C)N. The molecule has 0 unspecified atom stereocenters. The number of nitrogens with two attached hydrogens (primary N) is 1. The topological polar surface area (TPSA) is 43.1 Å². The summed E-state index contributed by atoms with van der Waals surface area (Å²) in [6.45, 7) is 3.29. The van der Waals surface area contributed by atoms with E-state index in [0.29, 0.717) is 0 Å². The van der Waals surface area contributed by atoms with Crippen LogP contribution in [0.2, 0.25) is 0 Å². The van der Waals surface area contributed by atoms with Crippen LogP contribution in [0.3, 0.4) is 0 Å². The molecule has 0 aromatic heterocycles. The maximum atomic E-state index is 10.8. The molecule has 0 aromatic carbocycles. The third-order valence-corrected chi connectivity index (χ3v) is 0.981. The number of terminal acetylenes is 1. The summed E-state index contributed by atoms with van der Waals surface area (Å²) in [6.07, 6.45) is 5.03. The fourth-order valence-electron chi connectivity index (χ4n) is 0.321. The zero-order valence-electron chi connectivity index (χ0n) is 5.77. The Hall–Kier alpha value is -0.810. The molecule has 0 amide bonds. The lowest BCUT2D eigenvalue weighted by atomic mass is 9.99. The minimum Gasteiger partial charge on any atom is -0.319 e. The zero-order valence-corrected chi connectivity index (χ0v) is 5.77. The molecule has 0 saturated heterocycles. The van der Waals surface area contributed by atoms with Crippen LogP contribution in [-0.2, 0) is 4.79 Å². The van der Waals surface area contributed by atoms with Crippen LogP contribution in [0, 0.1) is 12.3 Å². The minimum absolute atomic E-state index is 0.0926.